The first-order valence-corrected chi connectivity index (χ1v) is 21.8. The predicted octanol–water partition coefficient (Wildman–Crippen LogP) is 17.0. The van der Waals surface area contributed by atoms with Crippen LogP contribution in [-0.4, -0.2) is 15.0 Å². The Kier molecular flexibility index (Phi) is 6.73. The summed E-state index contributed by atoms with van der Waals surface area (Å²) >= 11 is 0. The molecule has 3 aromatic heterocycles. The fourth-order valence-corrected chi connectivity index (χ4v) is 8.59. The van der Waals surface area contributed by atoms with Crippen LogP contribution in [0.15, 0.2) is 245 Å². The molecule has 0 N–H and O–H groups in total. The number of hydrogen-bond acceptors (Lipinski definition) is 5. The van der Waals surface area contributed by atoms with Gasteiger partial charge in [-0.3, -0.25) is 0 Å². The number of hydrogen-bond donors (Lipinski definition) is 0. The van der Waals surface area contributed by atoms with Crippen molar-refractivity contribution in [1.82, 2.24) is 15.0 Å². The van der Waals surface area contributed by atoms with Gasteiger partial charge in [0.05, 0.1) is 17.8 Å². The second-order valence-electron chi connectivity index (χ2n) is 16.1. The SMILES string of the molecule is [2H]c1c([2H])c([2H])c2c(oc3c([2H])c(-c4c([2H])c([2H])c([2H])c5oc6c([2H])c(-c7nc(-c8ccc(-c9cccc(-c%10ccccc%10)c9)cc8)nc(-c8cc(-c9ccccc9)cc(-c9ccccc9)c8)n7)c([2H])c([2H])c6c45)c([2H])c([2H])c32)c1[2H]. The zero-order valence-corrected chi connectivity index (χ0v) is 35.7. The van der Waals surface area contributed by atoms with Gasteiger partial charge in [-0.05, 0) is 116 Å². The highest BCUT2D eigenvalue weighted by Gasteiger charge is 2.19. The molecule has 0 amide bonds. The highest BCUT2D eigenvalue weighted by atomic mass is 16.3. The van der Waals surface area contributed by atoms with E-state index in [1.165, 1.54) is 0 Å². The van der Waals surface area contributed by atoms with Gasteiger partial charge >= 0.3 is 0 Å². The quantitative estimate of drug-likeness (QED) is 0.152. The first kappa shape index (κ1) is 28.0. The van der Waals surface area contributed by atoms with Crippen LogP contribution in [0.1, 0.15) is 17.8 Å². The van der Waals surface area contributed by atoms with Crippen molar-refractivity contribution in [3.8, 4) is 89.8 Å². The van der Waals surface area contributed by atoms with Gasteiger partial charge in [0.2, 0.25) is 0 Å². The zero-order chi connectivity index (χ0) is 56.3. The highest BCUT2D eigenvalue weighted by molar-refractivity contribution is 6.14. The molecule has 0 atom stereocenters. The largest absolute Gasteiger partial charge is 0.456 e. The van der Waals surface area contributed by atoms with Crippen molar-refractivity contribution in [3.05, 3.63) is 236 Å². The average molecular weight is 883 g/mol. The molecule has 0 aliphatic heterocycles. The van der Waals surface area contributed by atoms with Crippen molar-refractivity contribution in [2.24, 2.45) is 0 Å². The molecule has 68 heavy (non-hydrogen) atoms. The third-order valence-electron chi connectivity index (χ3n) is 11.9. The van der Waals surface area contributed by atoms with Gasteiger partial charge < -0.3 is 8.83 Å². The molecule has 0 bridgehead atoms. The fraction of sp³-hybridized carbons (Fsp3) is 0. The lowest BCUT2D eigenvalue weighted by molar-refractivity contribution is 0.668. The minimum atomic E-state index is -0.704. The van der Waals surface area contributed by atoms with Crippen LogP contribution in [0.4, 0.5) is 0 Å². The van der Waals surface area contributed by atoms with Crippen molar-refractivity contribution in [1.29, 1.82) is 0 Å². The second kappa shape index (κ2) is 16.4. The maximum absolute atomic E-state index is 9.87. The van der Waals surface area contributed by atoms with E-state index in [-0.39, 0.29) is 61.3 Å². The van der Waals surface area contributed by atoms with Crippen LogP contribution in [0.5, 0.6) is 0 Å². The van der Waals surface area contributed by atoms with Crippen LogP contribution in [0.25, 0.3) is 134 Å². The van der Waals surface area contributed by atoms with E-state index in [9.17, 15) is 9.60 Å². The summed E-state index contributed by atoms with van der Waals surface area (Å²) in [7, 11) is 0. The Morgan fingerprint density at radius 1 is 0.294 bits per heavy atom. The molecule has 0 aliphatic carbocycles. The molecule has 0 saturated carbocycles. The van der Waals surface area contributed by atoms with Crippen LogP contribution in [-0.2, 0) is 0 Å². The molecule has 0 unspecified atom stereocenters. The lowest BCUT2D eigenvalue weighted by atomic mass is 9.95. The van der Waals surface area contributed by atoms with E-state index < -0.39 is 95.3 Å². The van der Waals surface area contributed by atoms with E-state index in [4.69, 9.17) is 32.0 Å². The normalized spacial score (nSPS) is 14.2. The maximum Gasteiger partial charge on any atom is 0.164 e. The molecular weight excluding hydrogens is 831 g/mol. The van der Waals surface area contributed by atoms with Gasteiger partial charge in [0.15, 0.2) is 17.5 Å². The van der Waals surface area contributed by atoms with E-state index in [1.807, 2.05) is 127 Å². The Morgan fingerprint density at radius 2 is 0.750 bits per heavy atom. The van der Waals surface area contributed by atoms with Crippen molar-refractivity contribution >= 4 is 43.9 Å². The number of aromatic nitrogens is 3. The van der Waals surface area contributed by atoms with Crippen LogP contribution >= 0.6 is 0 Å². The van der Waals surface area contributed by atoms with Gasteiger partial charge in [0.25, 0.3) is 0 Å². The van der Waals surface area contributed by atoms with E-state index in [1.54, 1.807) is 0 Å². The zero-order valence-electron chi connectivity index (χ0n) is 48.7. The summed E-state index contributed by atoms with van der Waals surface area (Å²) in [5.74, 6) is 0.200. The lowest BCUT2D eigenvalue weighted by Crippen LogP contribution is -2.00. The molecule has 5 nitrogen and oxygen atoms in total. The number of nitrogens with zero attached hydrogens (tertiary/aromatic N) is 3. The minimum Gasteiger partial charge on any atom is -0.456 e. The van der Waals surface area contributed by atoms with Crippen LogP contribution in [0, 0.1) is 0 Å². The van der Waals surface area contributed by atoms with Crippen molar-refractivity contribution < 1.29 is 26.7 Å². The number of fused-ring (bicyclic) bond motifs is 6. The van der Waals surface area contributed by atoms with Gasteiger partial charge in [-0.2, -0.15) is 0 Å². The Balaban J connectivity index is 1.04. The molecule has 13 aromatic rings. The van der Waals surface area contributed by atoms with Gasteiger partial charge in [-0.1, -0.05) is 176 Å². The monoisotopic (exact) mass is 882 g/mol. The van der Waals surface area contributed by atoms with Gasteiger partial charge in [0.1, 0.15) is 22.3 Å². The third kappa shape index (κ3) is 7.11. The molecule has 0 aliphatic rings. The van der Waals surface area contributed by atoms with Crippen LogP contribution in [0.3, 0.4) is 0 Å². The Labute approximate surface area is 410 Å². The van der Waals surface area contributed by atoms with Crippen LogP contribution < -0.4 is 0 Å². The molecule has 13 rings (SSSR count). The third-order valence-corrected chi connectivity index (χ3v) is 11.9. The lowest BCUT2D eigenvalue weighted by Gasteiger charge is -2.13. The Hall–Kier alpha value is -9.19. The average Bonchev–Trinajstić information content (AvgIpc) is 4.31. The topological polar surface area (TPSA) is 65.0 Å². The number of furan rings is 2. The molecule has 10 aromatic carbocycles. The summed E-state index contributed by atoms with van der Waals surface area (Å²) in [6.07, 6.45) is 0. The molecular formula is C63H39N3O2. The number of para-hydroxylation sites is 1. The maximum atomic E-state index is 9.87. The summed E-state index contributed by atoms with van der Waals surface area (Å²) in [6, 6.07) is 43.7. The second-order valence-corrected chi connectivity index (χ2v) is 16.1. The minimum absolute atomic E-state index is 0.161. The predicted molar refractivity (Wildman–Crippen MR) is 278 cm³/mol. The van der Waals surface area contributed by atoms with Gasteiger partial charge in [0, 0.05) is 38.2 Å². The summed E-state index contributed by atoms with van der Waals surface area (Å²) in [5, 5.41) is -0.948. The molecule has 0 spiro atoms. The van der Waals surface area contributed by atoms with Gasteiger partial charge in [-0.15, -0.1) is 0 Å². The first-order chi connectivity index (χ1) is 39.1. The van der Waals surface area contributed by atoms with E-state index >= 15 is 0 Å². The summed E-state index contributed by atoms with van der Waals surface area (Å²) in [4.78, 5) is 15.0. The molecule has 0 radical (unpaired) electrons. The standard InChI is InChI=1S/C63H39N3O2/c1-4-14-40(15-5-1)45-20-12-21-46(34-45)43-26-28-44(29-27-43)61-64-62(66-63(65-61)51-36-49(41-16-6-2-7-17-41)35-50(37-51)42-18-8-3-9-19-42)48-31-33-55-59(39-48)68-57-25-13-23-52(60(55)57)47-30-32-54-53-22-10-11-24-56(53)67-58(54)38-47/h1-39H/i10D,11D,13D,22D,23D,24D,25D,30D,31D,32D,33D,38D,39D. The molecule has 0 saturated heterocycles. The van der Waals surface area contributed by atoms with E-state index in [2.05, 4.69) is 30.3 Å². The van der Waals surface area contributed by atoms with Gasteiger partial charge in [-0.25, -0.2) is 15.0 Å². The highest BCUT2D eigenvalue weighted by Crippen LogP contribution is 2.41. The fourth-order valence-electron chi connectivity index (χ4n) is 8.59. The molecule has 318 valence electrons. The number of benzene rings is 10. The van der Waals surface area contributed by atoms with Crippen molar-refractivity contribution in [3.63, 3.8) is 0 Å². The summed E-state index contributed by atoms with van der Waals surface area (Å²) in [5.41, 5.74) is 6.16. The van der Waals surface area contributed by atoms with Crippen molar-refractivity contribution in [2.45, 2.75) is 0 Å². The van der Waals surface area contributed by atoms with E-state index in [0.29, 0.717) is 11.1 Å². The summed E-state index contributed by atoms with van der Waals surface area (Å²) < 4.78 is 131. The summed E-state index contributed by atoms with van der Waals surface area (Å²) in [6.45, 7) is 0. The van der Waals surface area contributed by atoms with Crippen molar-refractivity contribution in [2.75, 3.05) is 0 Å². The van der Waals surface area contributed by atoms with Crippen LogP contribution in [0.2, 0.25) is 0 Å². The number of rotatable bonds is 8. The Morgan fingerprint density at radius 3 is 1.44 bits per heavy atom. The first-order valence-electron chi connectivity index (χ1n) is 28.3. The Bertz CT molecular complexity index is 4730. The van der Waals surface area contributed by atoms with E-state index in [0.717, 1.165) is 44.5 Å². The smallest absolute Gasteiger partial charge is 0.164 e. The molecule has 5 heteroatoms. The molecule has 0 fully saturated rings. The molecule has 3 heterocycles.